The van der Waals surface area contributed by atoms with E-state index >= 15 is 0 Å². The van der Waals surface area contributed by atoms with Gasteiger partial charge in [-0.05, 0) is 44.8 Å². The van der Waals surface area contributed by atoms with Crippen molar-refractivity contribution in [2.75, 3.05) is 21.1 Å². The van der Waals surface area contributed by atoms with Crippen LogP contribution in [0.2, 0.25) is 0 Å². The molecule has 0 saturated carbocycles. The highest BCUT2D eigenvalue weighted by atomic mass is 16.2. The van der Waals surface area contributed by atoms with Gasteiger partial charge in [0.2, 0.25) is 0 Å². The summed E-state index contributed by atoms with van der Waals surface area (Å²) in [4.78, 5) is 24.6. The van der Waals surface area contributed by atoms with Gasteiger partial charge in [-0.3, -0.25) is 4.79 Å². The Bertz CT molecular complexity index is 628. The molecular weight excluding hydrogens is 276 g/mol. The molecular formula is C17H22N4O. The lowest BCUT2D eigenvalue weighted by molar-refractivity contribution is 0.0739. The first-order valence-electron chi connectivity index (χ1n) is 7.25. The lowest BCUT2D eigenvalue weighted by Gasteiger charge is -2.24. The second kappa shape index (κ2) is 7.13. The van der Waals surface area contributed by atoms with E-state index in [4.69, 9.17) is 0 Å². The normalized spacial score (nSPS) is 12.2. The Hall–Kier alpha value is -2.27. The fourth-order valence-electron chi connectivity index (χ4n) is 2.29. The van der Waals surface area contributed by atoms with Crippen LogP contribution in [-0.4, -0.2) is 46.8 Å². The second-order valence-electron chi connectivity index (χ2n) is 5.66. The SMILES string of the molecule is C[C@@H](c1ccncn1)N(C)C(=O)c1cccc(CN(C)C)c1. The summed E-state index contributed by atoms with van der Waals surface area (Å²) in [6.45, 7) is 2.77. The van der Waals surface area contributed by atoms with Crippen LogP contribution in [0.5, 0.6) is 0 Å². The van der Waals surface area contributed by atoms with Crippen LogP contribution in [0.25, 0.3) is 0 Å². The predicted octanol–water partition coefficient (Wildman–Crippen LogP) is 2.37. The van der Waals surface area contributed by atoms with E-state index in [1.807, 2.05) is 51.4 Å². The maximum Gasteiger partial charge on any atom is 0.254 e. The molecule has 1 heterocycles. The van der Waals surface area contributed by atoms with Crippen molar-refractivity contribution >= 4 is 5.91 Å². The molecule has 5 nitrogen and oxygen atoms in total. The second-order valence-corrected chi connectivity index (χ2v) is 5.66. The van der Waals surface area contributed by atoms with Crippen molar-refractivity contribution in [2.45, 2.75) is 19.5 Å². The molecule has 1 aromatic carbocycles. The summed E-state index contributed by atoms with van der Waals surface area (Å²) in [6, 6.07) is 9.49. The molecule has 2 rings (SSSR count). The molecule has 1 amide bonds. The zero-order chi connectivity index (χ0) is 16.1. The minimum absolute atomic E-state index is 0.00767. The Morgan fingerprint density at radius 1 is 1.23 bits per heavy atom. The third-order valence-electron chi connectivity index (χ3n) is 3.61. The van der Waals surface area contributed by atoms with Gasteiger partial charge >= 0.3 is 0 Å². The quantitative estimate of drug-likeness (QED) is 0.850. The first-order chi connectivity index (χ1) is 10.5. The van der Waals surface area contributed by atoms with Crippen LogP contribution in [0.3, 0.4) is 0 Å². The monoisotopic (exact) mass is 298 g/mol. The minimum Gasteiger partial charge on any atom is -0.333 e. The molecule has 2 aromatic rings. The molecule has 22 heavy (non-hydrogen) atoms. The van der Waals surface area contributed by atoms with Crippen LogP contribution < -0.4 is 0 Å². The van der Waals surface area contributed by atoms with Gasteiger partial charge in [-0.25, -0.2) is 9.97 Å². The first kappa shape index (κ1) is 16.1. The molecule has 0 N–H and O–H groups in total. The number of hydrogen-bond acceptors (Lipinski definition) is 4. The van der Waals surface area contributed by atoms with Crippen molar-refractivity contribution in [3.05, 3.63) is 59.7 Å². The average molecular weight is 298 g/mol. The number of carbonyl (C=O) groups excluding carboxylic acids is 1. The van der Waals surface area contributed by atoms with Gasteiger partial charge in [0.1, 0.15) is 6.33 Å². The Labute approximate surface area is 131 Å². The van der Waals surface area contributed by atoms with E-state index in [1.165, 1.54) is 6.33 Å². The molecule has 1 aromatic heterocycles. The Morgan fingerprint density at radius 3 is 2.64 bits per heavy atom. The van der Waals surface area contributed by atoms with Crippen molar-refractivity contribution in [3.63, 3.8) is 0 Å². The van der Waals surface area contributed by atoms with Crippen LogP contribution >= 0.6 is 0 Å². The third-order valence-corrected chi connectivity index (χ3v) is 3.61. The van der Waals surface area contributed by atoms with E-state index in [0.717, 1.165) is 17.8 Å². The number of nitrogens with zero attached hydrogens (tertiary/aromatic N) is 4. The topological polar surface area (TPSA) is 49.3 Å². The maximum atomic E-state index is 12.7. The minimum atomic E-state index is -0.104. The van der Waals surface area contributed by atoms with Crippen molar-refractivity contribution in [1.29, 1.82) is 0 Å². The zero-order valence-electron chi connectivity index (χ0n) is 13.5. The number of rotatable bonds is 5. The number of amides is 1. The summed E-state index contributed by atoms with van der Waals surface area (Å²) >= 11 is 0. The van der Waals surface area contributed by atoms with Gasteiger partial charge in [0.05, 0.1) is 11.7 Å². The molecule has 0 radical (unpaired) electrons. The molecule has 1 atom stereocenters. The van der Waals surface area contributed by atoms with Gasteiger partial charge < -0.3 is 9.80 Å². The number of hydrogen-bond donors (Lipinski definition) is 0. The first-order valence-corrected chi connectivity index (χ1v) is 7.25. The van der Waals surface area contributed by atoms with Crippen LogP contribution in [-0.2, 0) is 6.54 Å². The van der Waals surface area contributed by atoms with E-state index in [-0.39, 0.29) is 11.9 Å². The summed E-state index contributed by atoms with van der Waals surface area (Å²) < 4.78 is 0. The summed E-state index contributed by atoms with van der Waals surface area (Å²) in [5.41, 5.74) is 2.65. The molecule has 0 aliphatic heterocycles. The van der Waals surface area contributed by atoms with Gasteiger partial charge in [0.25, 0.3) is 5.91 Å². The van der Waals surface area contributed by atoms with E-state index in [2.05, 4.69) is 14.9 Å². The summed E-state index contributed by atoms with van der Waals surface area (Å²) in [5.74, 6) is -0.00767. The molecule has 0 unspecified atom stereocenters. The van der Waals surface area contributed by atoms with Gasteiger partial charge in [0.15, 0.2) is 0 Å². The van der Waals surface area contributed by atoms with Gasteiger partial charge in [-0.15, -0.1) is 0 Å². The highest BCUT2D eigenvalue weighted by Gasteiger charge is 2.20. The summed E-state index contributed by atoms with van der Waals surface area (Å²) in [5, 5.41) is 0. The molecule has 5 heteroatoms. The van der Waals surface area contributed by atoms with Crippen molar-refractivity contribution in [2.24, 2.45) is 0 Å². The zero-order valence-corrected chi connectivity index (χ0v) is 13.5. The molecule has 0 bridgehead atoms. The smallest absolute Gasteiger partial charge is 0.254 e. The van der Waals surface area contributed by atoms with Gasteiger partial charge in [-0.2, -0.15) is 0 Å². The Morgan fingerprint density at radius 2 is 2.00 bits per heavy atom. The fourth-order valence-corrected chi connectivity index (χ4v) is 2.29. The summed E-state index contributed by atoms with van der Waals surface area (Å²) in [7, 11) is 5.82. The lowest BCUT2D eigenvalue weighted by Crippen LogP contribution is -2.30. The van der Waals surface area contributed by atoms with E-state index in [0.29, 0.717) is 5.56 Å². The van der Waals surface area contributed by atoms with E-state index < -0.39 is 0 Å². The highest BCUT2D eigenvalue weighted by Crippen LogP contribution is 2.19. The number of benzene rings is 1. The molecule has 0 saturated heterocycles. The van der Waals surface area contributed by atoms with Crippen molar-refractivity contribution < 1.29 is 4.79 Å². The highest BCUT2D eigenvalue weighted by molar-refractivity contribution is 5.94. The molecule has 0 spiro atoms. The van der Waals surface area contributed by atoms with Crippen LogP contribution in [0.4, 0.5) is 0 Å². The van der Waals surface area contributed by atoms with Crippen LogP contribution in [0, 0.1) is 0 Å². The summed E-state index contributed by atoms with van der Waals surface area (Å²) in [6.07, 6.45) is 3.19. The van der Waals surface area contributed by atoms with Gasteiger partial charge in [-0.1, -0.05) is 12.1 Å². The maximum absolute atomic E-state index is 12.7. The van der Waals surface area contributed by atoms with Crippen molar-refractivity contribution in [3.8, 4) is 0 Å². The molecule has 0 aliphatic carbocycles. The number of aromatic nitrogens is 2. The standard InChI is InChI=1S/C17H22N4O/c1-13(16-8-9-18-12-19-16)21(4)17(22)15-7-5-6-14(10-15)11-20(2)3/h5-10,12-13H,11H2,1-4H3/t13-/m0/s1. The average Bonchev–Trinajstić information content (AvgIpc) is 2.53. The van der Waals surface area contributed by atoms with E-state index in [9.17, 15) is 4.79 Å². The Balaban J connectivity index is 2.17. The molecule has 0 aliphatic rings. The lowest BCUT2D eigenvalue weighted by atomic mass is 10.1. The Kier molecular flexibility index (Phi) is 5.22. The third kappa shape index (κ3) is 3.89. The van der Waals surface area contributed by atoms with Crippen LogP contribution in [0.15, 0.2) is 42.9 Å². The number of carbonyl (C=O) groups is 1. The largest absolute Gasteiger partial charge is 0.333 e. The molecule has 0 fully saturated rings. The van der Waals surface area contributed by atoms with E-state index in [1.54, 1.807) is 18.1 Å². The van der Waals surface area contributed by atoms with Crippen molar-refractivity contribution in [1.82, 2.24) is 19.8 Å². The molecule has 116 valence electrons. The van der Waals surface area contributed by atoms with Gasteiger partial charge in [0, 0.05) is 25.4 Å². The predicted molar refractivity (Wildman–Crippen MR) is 86.4 cm³/mol. The fraction of sp³-hybridized carbons (Fsp3) is 0.353. The van der Waals surface area contributed by atoms with Crippen LogP contribution in [0.1, 0.15) is 34.6 Å².